The van der Waals surface area contributed by atoms with E-state index in [-0.39, 0.29) is 36.7 Å². The predicted octanol–water partition coefficient (Wildman–Crippen LogP) is 0.942. The molecular weight excluding hydrogens is 404 g/mol. The maximum Gasteiger partial charge on any atom is 0.264 e. The van der Waals surface area contributed by atoms with Crippen LogP contribution in [0.25, 0.3) is 0 Å². The number of aliphatic hydroxyl groups excluding tert-OH is 1. The van der Waals surface area contributed by atoms with Crippen LogP contribution >= 0.6 is 11.3 Å². The second-order valence-corrected chi connectivity index (χ2v) is 9.19. The minimum atomic E-state index is -0.227. The zero-order chi connectivity index (χ0) is 20.6. The van der Waals surface area contributed by atoms with Crippen molar-refractivity contribution in [2.24, 2.45) is 11.8 Å². The summed E-state index contributed by atoms with van der Waals surface area (Å²) in [5.41, 5.74) is 1.02. The third-order valence-electron chi connectivity index (χ3n) is 6.36. The largest absolute Gasteiger partial charge is 0.484 e. The van der Waals surface area contributed by atoms with Crippen LogP contribution in [0, 0.1) is 11.8 Å². The van der Waals surface area contributed by atoms with Crippen LogP contribution in [0.15, 0.2) is 35.8 Å². The lowest BCUT2D eigenvalue weighted by molar-refractivity contribution is -0.118. The molecule has 3 N–H and O–H groups in total. The van der Waals surface area contributed by atoms with Gasteiger partial charge < -0.3 is 19.9 Å². The molecule has 0 radical (unpaired) electrons. The van der Waals surface area contributed by atoms with Gasteiger partial charge in [-0.15, -0.1) is 11.3 Å². The van der Waals surface area contributed by atoms with Crippen LogP contribution in [0.2, 0.25) is 0 Å². The number of amides is 1. The van der Waals surface area contributed by atoms with Crippen LogP contribution in [-0.4, -0.2) is 72.0 Å². The molecule has 160 valence electrons. The maximum absolute atomic E-state index is 11.9. The summed E-state index contributed by atoms with van der Waals surface area (Å²) in [6.07, 6.45) is 1.78. The third-order valence-corrected chi connectivity index (χ3v) is 7.05. The molecule has 1 aromatic heterocycles. The number of hydrogen-bond donors (Lipinski definition) is 3. The minimum Gasteiger partial charge on any atom is -0.484 e. The third kappa shape index (κ3) is 3.83. The normalized spacial score (nSPS) is 30.2. The molecular formula is C21H26N4O4S. The summed E-state index contributed by atoms with van der Waals surface area (Å²) in [5, 5.41) is 18.4. The second-order valence-electron chi connectivity index (χ2n) is 8.29. The van der Waals surface area contributed by atoms with Crippen LogP contribution < -0.4 is 15.4 Å². The van der Waals surface area contributed by atoms with Crippen molar-refractivity contribution in [3.05, 3.63) is 41.4 Å². The summed E-state index contributed by atoms with van der Waals surface area (Å²) in [5.74, 6) is 1.03. The average Bonchev–Trinajstić information content (AvgIpc) is 3.41. The molecule has 1 spiro atoms. The zero-order valence-corrected chi connectivity index (χ0v) is 17.4. The number of hydrogen-bond acceptors (Lipinski definition) is 8. The number of aliphatic hydroxyl groups is 1. The Morgan fingerprint density at radius 3 is 3.07 bits per heavy atom. The molecule has 8 nitrogen and oxygen atoms in total. The van der Waals surface area contributed by atoms with Crippen LogP contribution in [0.5, 0.6) is 5.75 Å². The highest BCUT2D eigenvalue weighted by Gasteiger charge is 2.60. The highest BCUT2D eigenvalue weighted by atomic mass is 32.1. The predicted molar refractivity (Wildman–Crippen MR) is 112 cm³/mol. The summed E-state index contributed by atoms with van der Waals surface area (Å²) in [4.78, 5) is 18.3. The van der Waals surface area contributed by atoms with Gasteiger partial charge in [-0.3, -0.25) is 15.0 Å². The number of carbonyl (C=O) groups excluding carboxylic acids is 1. The molecule has 9 heteroatoms. The standard InChI is InChI=1S/C21H26N4O4S/c26-10-16-17-9-25(13-21(17)12-22-7-18(16)29-21)8-14-1-3-15(4-2-14)28-11-19(27)24-20-23-5-6-30-20/h1-6,16-18,22,26H,7-13H2,(H,23,24,27)/t16-,17+,18+,21+/m0/s1. The molecule has 5 rings (SSSR count). The van der Waals surface area contributed by atoms with Crippen LogP contribution in [0.1, 0.15) is 5.56 Å². The van der Waals surface area contributed by atoms with Gasteiger partial charge in [0.05, 0.1) is 11.7 Å². The summed E-state index contributed by atoms with van der Waals surface area (Å²) in [7, 11) is 0. The van der Waals surface area contributed by atoms with Gasteiger partial charge in [-0.1, -0.05) is 12.1 Å². The Morgan fingerprint density at radius 2 is 2.30 bits per heavy atom. The van der Waals surface area contributed by atoms with Crippen molar-refractivity contribution >= 4 is 22.4 Å². The number of thiazole rings is 1. The summed E-state index contributed by atoms with van der Waals surface area (Å²) >= 11 is 1.37. The van der Waals surface area contributed by atoms with E-state index >= 15 is 0 Å². The van der Waals surface area contributed by atoms with Gasteiger partial charge in [-0.2, -0.15) is 0 Å². The minimum absolute atomic E-state index is 0.0523. The Hall–Kier alpha value is -2.04. The van der Waals surface area contributed by atoms with E-state index in [0.29, 0.717) is 16.8 Å². The second kappa shape index (κ2) is 8.24. The van der Waals surface area contributed by atoms with Gasteiger partial charge >= 0.3 is 0 Å². The van der Waals surface area contributed by atoms with Crippen LogP contribution in [-0.2, 0) is 16.1 Å². The summed E-state index contributed by atoms with van der Waals surface area (Å²) in [6, 6.07) is 7.86. The summed E-state index contributed by atoms with van der Waals surface area (Å²) in [6.45, 7) is 4.49. The molecule has 3 aliphatic rings. The monoisotopic (exact) mass is 430 g/mol. The Labute approximate surface area is 179 Å². The molecule has 4 atom stereocenters. The molecule has 2 aromatic rings. The molecule has 2 bridgehead atoms. The van der Waals surface area contributed by atoms with Crippen LogP contribution in [0.4, 0.5) is 5.13 Å². The fraction of sp³-hybridized carbons (Fsp3) is 0.524. The van der Waals surface area contributed by atoms with Gasteiger partial charge in [0.2, 0.25) is 0 Å². The highest BCUT2D eigenvalue weighted by Crippen LogP contribution is 2.47. The summed E-state index contributed by atoms with van der Waals surface area (Å²) < 4.78 is 11.9. The first-order valence-corrected chi connectivity index (χ1v) is 11.2. The number of carbonyl (C=O) groups is 1. The number of benzene rings is 1. The molecule has 1 aromatic carbocycles. The molecule has 1 amide bonds. The number of likely N-dealkylation sites (tertiary alicyclic amines) is 1. The SMILES string of the molecule is O=C(COc1ccc(CN2C[C@@H]3[C@H](CO)[C@H]4CNC[C@]3(C2)O4)cc1)Nc1nccs1. The molecule has 3 aliphatic heterocycles. The smallest absolute Gasteiger partial charge is 0.264 e. The lowest BCUT2D eigenvalue weighted by atomic mass is 9.83. The molecule has 0 aliphatic carbocycles. The molecule has 4 heterocycles. The van der Waals surface area contributed by atoms with E-state index in [9.17, 15) is 9.90 Å². The fourth-order valence-electron chi connectivity index (χ4n) is 5.05. The van der Waals surface area contributed by atoms with E-state index in [1.165, 1.54) is 16.9 Å². The quantitative estimate of drug-likeness (QED) is 0.602. The molecule has 3 saturated heterocycles. The van der Waals surface area contributed by atoms with E-state index in [1.807, 2.05) is 29.6 Å². The maximum atomic E-state index is 11.9. The number of nitrogens with one attached hydrogen (secondary N) is 2. The number of morpholine rings is 1. The van der Waals surface area contributed by atoms with Crippen molar-refractivity contribution in [3.63, 3.8) is 0 Å². The number of anilines is 1. The number of nitrogens with zero attached hydrogens (tertiary/aromatic N) is 2. The van der Waals surface area contributed by atoms with E-state index in [1.54, 1.807) is 6.20 Å². The highest BCUT2D eigenvalue weighted by molar-refractivity contribution is 7.13. The Morgan fingerprint density at radius 1 is 1.43 bits per heavy atom. The number of ether oxygens (including phenoxy) is 2. The van der Waals surface area contributed by atoms with E-state index in [0.717, 1.165) is 32.7 Å². The van der Waals surface area contributed by atoms with Crippen molar-refractivity contribution in [3.8, 4) is 5.75 Å². The van der Waals surface area contributed by atoms with Gasteiger partial charge in [-0.05, 0) is 17.7 Å². The lowest BCUT2D eigenvalue weighted by Crippen LogP contribution is -2.52. The van der Waals surface area contributed by atoms with Crippen LogP contribution in [0.3, 0.4) is 0 Å². The van der Waals surface area contributed by atoms with Gasteiger partial charge in [0.15, 0.2) is 11.7 Å². The number of rotatable bonds is 7. The van der Waals surface area contributed by atoms with Gasteiger partial charge in [0.25, 0.3) is 5.91 Å². The first-order valence-electron chi connectivity index (χ1n) is 10.3. The number of fused-ring (bicyclic) bond motifs is 1. The van der Waals surface area contributed by atoms with Crippen molar-refractivity contribution in [2.75, 3.05) is 44.7 Å². The molecule has 0 saturated carbocycles. The van der Waals surface area contributed by atoms with E-state index in [4.69, 9.17) is 9.47 Å². The van der Waals surface area contributed by atoms with Gasteiger partial charge in [0.1, 0.15) is 5.75 Å². The van der Waals surface area contributed by atoms with Crippen molar-refractivity contribution < 1.29 is 19.4 Å². The van der Waals surface area contributed by atoms with Gasteiger partial charge in [-0.25, -0.2) is 4.98 Å². The molecule has 30 heavy (non-hydrogen) atoms. The van der Waals surface area contributed by atoms with E-state index in [2.05, 4.69) is 20.5 Å². The van der Waals surface area contributed by atoms with Crippen molar-refractivity contribution in [1.82, 2.24) is 15.2 Å². The Bertz CT molecular complexity index is 878. The molecule has 0 unspecified atom stereocenters. The Kier molecular flexibility index (Phi) is 5.46. The number of aromatic nitrogens is 1. The van der Waals surface area contributed by atoms with Crippen molar-refractivity contribution in [2.45, 2.75) is 18.2 Å². The fourth-order valence-corrected chi connectivity index (χ4v) is 5.60. The van der Waals surface area contributed by atoms with Gasteiger partial charge in [0, 0.05) is 62.7 Å². The topological polar surface area (TPSA) is 96.0 Å². The van der Waals surface area contributed by atoms with Crippen molar-refractivity contribution in [1.29, 1.82) is 0 Å². The first kappa shape index (κ1) is 19.9. The lowest BCUT2D eigenvalue weighted by Gasteiger charge is -2.34. The molecule has 3 fully saturated rings. The Balaban J connectivity index is 1.14. The zero-order valence-electron chi connectivity index (χ0n) is 16.6. The van der Waals surface area contributed by atoms with E-state index < -0.39 is 0 Å². The average molecular weight is 431 g/mol. The first-order chi connectivity index (χ1) is 14.6.